The smallest absolute Gasteiger partial charge is 0.219 e. The average molecular weight is 351 g/mol. The number of carbonyl (C=O) groups is 1. The summed E-state index contributed by atoms with van der Waals surface area (Å²) in [6.45, 7) is 6.87. The molecule has 3 heterocycles. The van der Waals surface area contributed by atoms with Crippen LogP contribution < -0.4 is 9.80 Å². The first-order chi connectivity index (χ1) is 12.7. The van der Waals surface area contributed by atoms with E-state index in [4.69, 9.17) is 9.97 Å². The van der Waals surface area contributed by atoms with E-state index in [1.165, 1.54) is 12.8 Å². The number of hydrogen-bond acceptors (Lipinski definition) is 5. The topological polar surface area (TPSA) is 52.6 Å². The van der Waals surface area contributed by atoms with Gasteiger partial charge in [-0.1, -0.05) is 30.3 Å². The maximum atomic E-state index is 11.6. The summed E-state index contributed by atoms with van der Waals surface area (Å²) in [6, 6.07) is 12.3. The summed E-state index contributed by atoms with van der Waals surface area (Å²) >= 11 is 0. The Morgan fingerprint density at radius 3 is 2.00 bits per heavy atom. The molecule has 0 bridgehead atoms. The Morgan fingerprint density at radius 1 is 0.846 bits per heavy atom. The maximum absolute atomic E-state index is 11.6. The van der Waals surface area contributed by atoms with Gasteiger partial charge in [-0.2, -0.15) is 0 Å². The zero-order valence-electron chi connectivity index (χ0n) is 15.3. The zero-order valence-corrected chi connectivity index (χ0v) is 15.3. The second-order valence-corrected chi connectivity index (χ2v) is 6.96. The summed E-state index contributed by atoms with van der Waals surface area (Å²) in [5.74, 6) is 2.90. The predicted octanol–water partition coefficient (Wildman–Crippen LogP) is 2.41. The van der Waals surface area contributed by atoms with Crippen molar-refractivity contribution >= 4 is 17.5 Å². The molecule has 2 aliphatic rings. The molecule has 0 saturated carbocycles. The van der Waals surface area contributed by atoms with Crippen LogP contribution in [0.4, 0.5) is 11.6 Å². The number of amides is 1. The molecule has 1 amide bonds. The molecule has 0 atom stereocenters. The molecule has 2 aliphatic heterocycles. The summed E-state index contributed by atoms with van der Waals surface area (Å²) in [6.07, 6.45) is 2.44. The highest BCUT2D eigenvalue weighted by atomic mass is 16.2. The molecule has 6 nitrogen and oxygen atoms in total. The lowest BCUT2D eigenvalue weighted by molar-refractivity contribution is -0.129. The Bertz CT molecular complexity index is 765. The van der Waals surface area contributed by atoms with Crippen LogP contribution in [0.5, 0.6) is 0 Å². The lowest BCUT2D eigenvalue weighted by atomic mass is 10.2. The first-order valence-corrected chi connectivity index (χ1v) is 9.40. The van der Waals surface area contributed by atoms with Crippen molar-refractivity contribution in [1.29, 1.82) is 0 Å². The van der Waals surface area contributed by atoms with Gasteiger partial charge in [0.05, 0.1) is 0 Å². The molecule has 0 aliphatic carbocycles. The van der Waals surface area contributed by atoms with Crippen molar-refractivity contribution in [2.75, 3.05) is 49.1 Å². The lowest BCUT2D eigenvalue weighted by Crippen LogP contribution is -2.48. The predicted molar refractivity (Wildman–Crippen MR) is 103 cm³/mol. The molecule has 0 radical (unpaired) electrons. The van der Waals surface area contributed by atoms with Gasteiger partial charge in [-0.05, 0) is 12.8 Å². The van der Waals surface area contributed by atoms with E-state index >= 15 is 0 Å². The SMILES string of the molecule is CC(=O)N1CCN(c2cc(N3CCCC3)nc(-c3ccccc3)n2)CC1. The summed E-state index contributed by atoms with van der Waals surface area (Å²) in [4.78, 5) is 27.8. The summed E-state index contributed by atoms with van der Waals surface area (Å²) in [5, 5.41) is 0. The Morgan fingerprint density at radius 2 is 1.42 bits per heavy atom. The number of benzene rings is 1. The van der Waals surface area contributed by atoms with E-state index in [1.807, 2.05) is 23.1 Å². The van der Waals surface area contributed by atoms with E-state index in [0.29, 0.717) is 0 Å². The van der Waals surface area contributed by atoms with Gasteiger partial charge in [-0.15, -0.1) is 0 Å². The third kappa shape index (κ3) is 3.49. The number of anilines is 2. The van der Waals surface area contributed by atoms with Gasteiger partial charge in [0.1, 0.15) is 11.6 Å². The van der Waals surface area contributed by atoms with Crippen molar-refractivity contribution < 1.29 is 4.79 Å². The zero-order chi connectivity index (χ0) is 17.9. The van der Waals surface area contributed by atoms with Gasteiger partial charge < -0.3 is 14.7 Å². The Balaban J connectivity index is 1.65. The van der Waals surface area contributed by atoms with E-state index in [2.05, 4.69) is 28.0 Å². The van der Waals surface area contributed by atoms with Crippen molar-refractivity contribution in [2.45, 2.75) is 19.8 Å². The van der Waals surface area contributed by atoms with Crippen LogP contribution >= 0.6 is 0 Å². The van der Waals surface area contributed by atoms with Crippen molar-refractivity contribution in [1.82, 2.24) is 14.9 Å². The van der Waals surface area contributed by atoms with Crippen LogP contribution in [-0.2, 0) is 4.79 Å². The number of nitrogens with zero attached hydrogens (tertiary/aromatic N) is 5. The molecule has 2 saturated heterocycles. The molecular weight excluding hydrogens is 326 g/mol. The molecule has 2 fully saturated rings. The van der Waals surface area contributed by atoms with E-state index in [0.717, 1.165) is 62.3 Å². The molecule has 136 valence electrons. The minimum Gasteiger partial charge on any atom is -0.356 e. The monoisotopic (exact) mass is 351 g/mol. The van der Waals surface area contributed by atoms with Crippen molar-refractivity contribution in [2.24, 2.45) is 0 Å². The summed E-state index contributed by atoms with van der Waals surface area (Å²) in [5.41, 5.74) is 1.04. The molecule has 0 unspecified atom stereocenters. The quantitative estimate of drug-likeness (QED) is 0.850. The lowest BCUT2D eigenvalue weighted by Gasteiger charge is -2.35. The third-order valence-electron chi connectivity index (χ3n) is 5.21. The molecule has 0 spiro atoms. The number of aromatic nitrogens is 2. The number of carbonyl (C=O) groups excluding carboxylic acids is 1. The second kappa shape index (κ2) is 7.32. The van der Waals surface area contributed by atoms with Crippen LogP contribution in [0.1, 0.15) is 19.8 Å². The van der Waals surface area contributed by atoms with Crippen molar-refractivity contribution in [3.8, 4) is 11.4 Å². The Labute approximate surface area is 154 Å². The summed E-state index contributed by atoms with van der Waals surface area (Å²) < 4.78 is 0. The summed E-state index contributed by atoms with van der Waals surface area (Å²) in [7, 11) is 0. The minimum atomic E-state index is 0.148. The molecule has 1 aromatic heterocycles. The van der Waals surface area contributed by atoms with E-state index in [9.17, 15) is 4.79 Å². The van der Waals surface area contributed by atoms with Crippen LogP contribution in [0, 0.1) is 0 Å². The van der Waals surface area contributed by atoms with Gasteiger partial charge >= 0.3 is 0 Å². The van der Waals surface area contributed by atoms with Crippen LogP contribution in [0.3, 0.4) is 0 Å². The molecule has 1 aromatic carbocycles. The Kier molecular flexibility index (Phi) is 4.73. The molecule has 0 N–H and O–H groups in total. The first kappa shape index (κ1) is 16.8. The standard InChI is InChI=1S/C20H25N5O/c1-16(26)23-11-13-25(14-12-23)19-15-18(24-9-5-6-10-24)21-20(22-19)17-7-3-2-4-8-17/h2-4,7-8,15H,5-6,9-14H2,1H3. The highest BCUT2D eigenvalue weighted by Crippen LogP contribution is 2.27. The second-order valence-electron chi connectivity index (χ2n) is 6.96. The number of rotatable bonds is 3. The fraction of sp³-hybridized carbons (Fsp3) is 0.450. The van der Waals surface area contributed by atoms with Gasteiger partial charge in [-0.3, -0.25) is 4.79 Å². The van der Waals surface area contributed by atoms with Gasteiger partial charge in [0.25, 0.3) is 0 Å². The first-order valence-electron chi connectivity index (χ1n) is 9.40. The van der Waals surface area contributed by atoms with E-state index < -0.39 is 0 Å². The fourth-order valence-electron chi connectivity index (χ4n) is 3.66. The van der Waals surface area contributed by atoms with Gasteiger partial charge in [0, 0.05) is 57.8 Å². The van der Waals surface area contributed by atoms with Crippen molar-refractivity contribution in [3.63, 3.8) is 0 Å². The molecule has 4 rings (SSSR count). The average Bonchev–Trinajstić information content (AvgIpc) is 3.23. The van der Waals surface area contributed by atoms with Crippen LogP contribution in [0.25, 0.3) is 11.4 Å². The van der Waals surface area contributed by atoms with Crippen LogP contribution in [0.2, 0.25) is 0 Å². The van der Waals surface area contributed by atoms with E-state index in [-0.39, 0.29) is 5.91 Å². The van der Waals surface area contributed by atoms with Crippen LogP contribution in [0.15, 0.2) is 36.4 Å². The van der Waals surface area contributed by atoms with E-state index in [1.54, 1.807) is 6.92 Å². The van der Waals surface area contributed by atoms with Gasteiger partial charge in [0.2, 0.25) is 5.91 Å². The largest absolute Gasteiger partial charge is 0.356 e. The van der Waals surface area contributed by atoms with Crippen molar-refractivity contribution in [3.05, 3.63) is 36.4 Å². The highest BCUT2D eigenvalue weighted by Gasteiger charge is 2.22. The van der Waals surface area contributed by atoms with Gasteiger partial charge in [0.15, 0.2) is 5.82 Å². The molecular formula is C20H25N5O. The van der Waals surface area contributed by atoms with Gasteiger partial charge in [-0.25, -0.2) is 9.97 Å². The normalized spacial score (nSPS) is 17.7. The number of hydrogen-bond donors (Lipinski definition) is 0. The molecule has 26 heavy (non-hydrogen) atoms. The van der Waals surface area contributed by atoms with Crippen LogP contribution in [-0.4, -0.2) is 60.0 Å². The molecule has 2 aromatic rings. The Hall–Kier alpha value is -2.63. The highest BCUT2D eigenvalue weighted by molar-refractivity contribution is 5.73. The minimum absolute atomic E-state index is 0.148. The third-order valence-corrected chi connectivity index (χ3v) is 5.21. The fourth-order valence-corrected chi connectivity index (χ4v) is 3.66. The maximum Gasteiger partial charge on any atom is 0.219 e. The molecule has 6 heteroatoms. The number of piperazine rings is 1.